The van der Waals surface area contributed by atoms with E-state index in [9.17, 15) is 27.2 Å². The average Bonchev–Trinajstić information content (AvgIpc) is 2.79. The summed E-state index contributed by atoms with van der Waals surface area (Å²) < 4.78 is 58.4. The Morgan fingerprint density at radius 1 is 0.886 bits per heavy atom. The Morgan fingerprint density at radius 3 is 1.89 bits per heavy atom. The molecule has 0 bridgehead atoms. The van der Waals surface area contributed by atoms with E-state index in [0.717, 1.165) is 19.3 Å². The van der Waals surface area contributed by atoms with E-state index in [1.54, 1.807) is 13.8 Å². The zero-order valence-corrected chi connectivity index (χ0v) is 21.3. The fourth-order valence-electron chi connectivity index (χ4n) is 3.87. The zero-order chi connectivity index (χ0) is 26.3. The molecule has 0 aliphatic heterocycles. The number of hydrogen-bond donors (Lipinski definition) is 1. The molecule has 1 N–H and O–H groups in total. The van der Waals surface area contributed by atoms with Gasteiger partial charge >= 0.3 is 12.1 Å². The summed E-state index contributed by atoms with van der Waals surface area (Å²) in [6.07, 6.45) is 9.24. The molecule has 1 unspecified atom stereocenters. The minimum atomic E-state index is -4.83. The Morgan fingerprint density at radius 2 is 1.40 bits per heavy atom. The second-order valence-electron chi connectivity index (χ2n) is 9.44. The number of nitrogens with one attached hydrogen (secondary N) is 1. The molecule has 35 heavy (non-hydrogen) atoms. The SMILES string of the molecule is CCCCCCCCCCCCCCOC(=O)C(NC(=O)c1cc(F)ccc1C(F)(F)F)C(C)C. The summed E-state index contributed by atoms with van der Waals surface area (Å²) >= 11 is 0. The van der Waals surface area contributed by atoms with Crippen molar-refractivity contribution in [2.75, 3.05) is 6.61 Å². The van der Waals surface area contributed by atoms with E-state index in [4.69, 9.17) is 4.74 Å². The predicted molar refractivity (Wildman–Crippen MR) is 130 cm³/mol. The van der Waals surface area contributed by atoms with Crippen molar-refractivity contribution in [2.24, 2.45) is 5.92 Å². The molecular weight excluding hydrogens is 462 g/mol. The molecule has 200 valence electrons. The van der Waals surface area contributed by atoms with Crippen LogP contribution in [0.15, 0.2) is 18.2 Å². The van der Waals surface area contributed by atoms with Gasteiger partial charge in [-0.3, -0.25) is 4.79 Å². The van der Waals surface area contributed by atoms with Gasteiger partial charge in [0.05, 0.1) is 17.7 Å². The van der Waals surface area contributed by atoms with Crippen molar-refractivity contribution in [3.63, 3.8) is 0 Å². The van der Waals surface area contributed by atoms with Crippen LogP contribution in [0, 0.1) is 11.7 Å². The fraction of sp³-hybridized carbons (Fsp3) is 0.704. The van der Waals surface area contributed by atoms with Crippen molar-refractivity contribution in [3.8, 4) is 0 Å². The average molecular weight is 504 g/mol. The molecule has 0 saturated carbocycles. The number of halogens is 4. The van der Waals surface area contributed by atoms with Gasteiger partial charge in [-0.2, -0.15) is 13.2 Å². The highest BCUT2D eigenvalue weighted by atomic mass is 19.4. The highest BCUT2D eigenvalue weighted by Crippen LogP contribution is 2.32. The quantitative estimate of drug-likeness (QED) is 0.134. The topological polar surface area (TPSA) is 55.4 Å². The second-order valence-corrected chi connectivity index (χ2v) is 9.44. The van der Waals surface area contributed by atoms with Gasteiger partial charge in [0.2, 0.25) is 0 Å². The van der Waals surface area contributed by atoms with Gasteiger partial charge < -0.3 is 10.1 Å². The standard InChI is InChI=1S/C27H41F4NO3/c1-4-5-6-7-8-9-10-11-12-13-14-15-18-35-26(34)24(20(2)3)32-25(33)22-19-21(28)16-17-23(22)27(29,30)31/h16-17,19-20,24H,4-15,18H2,1-3H3,(H,32,33). The second kappa shape index (κ2) is 16.5. The Kier molecular flexibility index (Phi) is 14.6. The summed E-state index contributed by atoms with van der Waals surface area (Å²) in [6.45, 7) is 5.69. The van der Waals surface area contributed by atoms with E-state index in [1.165, 1.54) is 51.4 Å². The number of carbonyl (C=O) groups excluding carboxylic acids is 2. The number of unbranched alkanes of at least 4 members (excludes halogenated alkanes) is 11. The molecule has 1 aromatic rings. The molecule has 8 heteroatoms. The molecule has 1 rings (SSSR count). The third-order valence-corrected chi connectivity index (χ3v) is 5.98. The predicted octanol–water partition coefficient (Wildman–Crippen LogP) is 7.84. The lowest BCUT2D eigenvalue weighted by molar-refractivity contribution is -0.147. The summed E-state index contributed by atoms with van der Waals surface area (Å²) in [6, 6.07) is 0.542. The molecule has 0 spiro atoms. The summed E-state index contributed by atoms with van der Waals surface area (Å²) in [4.78, 5) is 25.0. The van der Waals surface area contributed by atoms with Crippen LogP contribution in [0.5, 0.6) is 0 Å². The maximum atomic E-state index is 13.5. The molecule has 4 nitrogen and oxygen atoms in total. The number of benzene rings is 1. The summed E-state index contributed by atoms with van der Waals surface area (Å²) in [5.41, 5.74) is -2.12. The van der Waals surface area contributed by atoms with Crippen molar-refractivity contribution in [3.05, 3.63) is 35.1 Å². The van der Waals surface area contributed by atoms with E-state index in [2.05, 4.69) is 12.2 Å². The van der Waals surface area contributed by atoms with Crippen LogP contribution < -0.4 is 5.32 Å². The number of esters is 1. The van der Waals surface area contributed by atoms with Crippen LogP contribution in [0.2, 0.25) is 0 Å². The first-order valence-electron chi connectivity index (χ1n) is 12.9. The smallest absolute Gasteiger partial charge is 0.417 e. The van der Waals surface area contributed by atoms with Crippen molar-refractivity contribution < 1.29 is 31.9 Å². The lowest BCUT2D eigenvalue weighted by Gasteiger charge is -2.22. The molecule has 0 saturated heterocycles. The lowest BCUT2D eigenvalue weighted by atomic mass is 10.0. The minimum absolute atomic E-state index is 0.184. The normalized spacial score (nSPS) is 12.6. The fourth-order valence-corrected chi connectivity index (χ4v) is 3.87. The first-order valence-corrected chi connectivity index (χ1v) is 12.9. The van der Waals surface area contributed by atoms with Crippen LogP contribution in [0.25, 0.3) is 0 Å². The summed E-state index contributed by atoms with van der Waals surface area (Å²) in [5, 5.41) is 2.29. The monoisotopic (exact) mass is 503 g/mol. The minimum Gasteiger partial charge on any atom is -0.464 e. The maximum Gasteiger partial charge on any atom is 0.417 e. The Bertz CT molecular complexity index is 765. The maximum absolute atomic E-state index is 13.5. The molecule has 1 atom stereocenters. The molecule has 0 aliphatic rings. The van der Waals surface area contributed by atoms with Gasteiger partial charge in [-0.1, -0.05) is 91.4 Å². The molecule has 0 heterocycles. The number of rotatable bonds is 17. The van der Waals surface area contributed by atoms with Gasteiger partial charge in [0.1, 0.15) is 11.9 Å². The Labute approximate surface area is 207 Å². The van der Waals surface area contributed by atoms with E-state index < -0.39 is 47.0 Å². The number of ether oxygens (including phenoxy) is 1. The summed E-state index contributed by atoms with van der Waals surface area (Å²) in [5.74, 6) is -3.27. The third-order valence-electron chi connectivity index (χ3n) is 5.98. The largest absolute Gasteiger partial charge is 0.464 e. The van der Waals surface area contributed by atoms with Crippen LogP contribution in [-0.4, -0.2) is 24.5 Å². The van der Waals surface area contributed by atoms with Crippen molar-refractivity contribution in [1.29, 1.82) is 0 Å². The van der Waals surface area contributed by atoms with Gasteiger partial charge in [0, 0.05) is 0 Å². The Hall–Kier alpha value is -2.12. The third kappa shape index (κ3) is 12.4. The van der Waals surface area contributed by atoms with Crippen LogP contribution in [-0.2, 0) is 15.7 Å². The molecule has 0 fully saturated rings. The van der Waals surface area contributed by atoms with E-state index in [0.29, 0.717) is 24.6 Å². The molecule has 1 amide bonds. The number of hydrogen-bond acceptors (Lipinski definition) is 3. The molecule has 0 radical (unpaired) electrons. The zero-order valence-electron chi connectivity index (χ0n) is 21.3. The van der Waals surface area contributed by atoms with E-state index in [-0.39, 0.29) is 6.61 Å². The molecular formula is C27H41F4NO3. The van der Waals surface area contributed by atoms with E-state index >= 15 is 0 Å². The number of carbonyl (C=O) groups is 2. The van der Waals surface area contributed by atoms with E-state index in [1.807, 2.05) is 0 Å². The van der Waals surface area contributed by atoms with Crippen LogP contribution in [0.4, 0.5) is 17.6 Å². The lowest BCUT2D eigenvalue weighted by Crippen LogP contribution is -2.45. The van der Waals surface area contributed by atoms with Gasteiger partial charge in [-0.25, -0.2) is 9.18 Å². The first kappa shape index (κ1) is 30.9. The van der Waals surface area contributed by atoms with Crippen molar-refractivity contribution >= 4 is 11.9 Å². The number of alkyl halides is 3. The first-order chi connectivity index (χ1) is 16.6. The van der Waals surface area contributed by atoms with Gasteiger partial charge in [0.25, 0.3) is 5.91 Å². The van der Waals surface area contributed by atoms with Crippen molar-refractivity contribution in [1.82, 2.24) is 5.32 Å². The van der Waals surface area contributed by atoms with Gasteiger partial charge in [-0.15, -0.1) is 0 Å². The van der Waals surface area contributed by atoms with Gasteiger partial charge in [0.15, 0.2) is 0 Å². The highest BCUT2D eigenvalue weighted by molar-refractivity contribution is 5.98. The molecule has 0 aliphatic carbocycles. The molecule has 1 aromatic carbocycles. The van der Waals surface area contributed by atoms with Crippen LogP contribution in [0.3, 0.4) is 0 Å². The van der Waals surface area contributed by atoms with Crippen molar-refractivity contribution in [2.45, 2.75) is 110 Å². The number of amides is 1. The van der Waals surface area contributed by atoms with Crippen LogP contribution >= 0.6 is 0 Å². The van der Waals surface area contributed by atoms with Crippen LogP contribution in [0.1, 0.15) is 114 Å². The Balaban J connectivity index is 2.38. The summed E-state index contributed by atoms with van der Waals surface area (Å²) in [7, 11) is 0. The highest BCUT2D eigenvalue weighted by Gasteiger charge is 2.36. The van der Waals surface area contributed by atoms with Gasteiger partial charge in [-0.05, 0) is 30.5 Å². The molecule has 0 aromatic heterocycles.